The normalized spacial score (nSPS) is 14.6. The topological polar surface area (TPSA) is 269 Å². The van der Waals surface area contributed by atoms with E-state index in [1.165, 1.54) is 6.92 Å². The van der Waals surface area contributed by atoms with Gasteiger partial charge >= 0.3 is 11.9 Å². The minimum absolute atomic E-state index is 0.0577. The van der Waals surface area contributed by atoms with Crippen LogP contribution in [-0.4, -0.2) is 105 Å². The third-order valence-electron chi connectivity index (χ3n) is 10.6. The largest absolute Gasteiger partial charge is 0.481 e. The molecule has 0 aliphatic carbocycles. The Morgan fingerprint density at radius 1 is 0.578 bits per heavy atom. The minimum Gasteiger partial charge on any atom is -0.481 e. The molecule has 0 unspecified atom stereocenters. The number of fused-ring (bicyclic) bond motifs is 1. The number of amides is 6. The summed E-state index contributed by atoms with van der Waals surface area (Å²) in [7, 11) is 0. The molecule has 17 nitrogen and oxygen atoms in total. The van der Waals surface area contributed by atoms with Crippen molar-refractivity contribution in [1.29, 1.82) is 0 Å². The lowest BCUT2D eigenvalue weighted by Gasteiger charge is -2.29. The fraction of sp³-hybridized carbons (Fsp3) is 0.489. The maximum Gasteiger partial charge on any atom is 0.326 e. The second-order valence-corrected chi connectivity index (χ2v) is 17.2. The van der Waals surface area contributed by atoms with Crippen molar-refractivity contribution in [1.82, 2.24) is 31.9 Å². The van der Waals surface area contributed by atoms with Crippen LogP contribution < -0.4 is 31.9 Å². The van der Waals surface area contributed by atoms with E-state index in [1.807, 2.05) is 56.3 Å². The summed E-state index contributed by atoms with van der Waals surface area (Å²) in [5.74, 6) is -7.83. The number of carbonyl (C=O) groups excluding carboxylic acids is 6. The number of hydrogen-bond acceptors (Lipinski definition) is 9. The number of hydrogen-bond donors (Lipinski definition) is 9. The monoisotopic (exact) mass is 888 g/mol. The molecule has 348 valence electrons. The summed E-state index contributed by atoms with van der Waals surface area (Å²) in [4.78, 5) is 104. The highest BCUT2D eigenvalue weighted by atomic mass is 16.4. The SMILES string of the molecule is CC(C)C[C@H](NC(=O)Cc1cccc2ccccc12)[C@@H](O)CC(=O)N[C@H](C(=O)N[C@H](C(=O)N[C@@H](C)C(=O)N[C@@H](CCC(=O)O)C(=O)N[C@@H](Cc1ccccc1)C(=O)O)C(C)C)C(C)C. The molecule has 0 radical (unpaired) electrons. The average molecular weight is 889 g/mol. The van der Waals surface area contributed by atoms with Gasteiger partial charge in [0.05, 0.1) is 25.0 Å². The molecule has 0 saturated heterocycles. The van der Waals surface area contributed by atoms with E-state index >= 15 is 0 Å². The summed E-state index contributed by atoms with van der Waals surface area (Å²) in [6.07, 6.45) is -2.28. The fourth-order valence-corrected chi connectivity index (χ4v) is 7.10. The van der Waals surface area contributed by atoms with Crippen molar-refractivity contribution in [3.05, 3.63) is 83.9 Å². The third kappa shape index (κ3) is 16.7. The molecular formula is C47H64N6O11. The third-order valence-corrected chi connectivity index (χ3v) is 10.6. The Kier molecular flexibility index (Phi) is 20.4. The predicted octanol–water partition coefficient (Wildman–Crippen LogP) is 2.61. The number of carboxylic acid groups (broad SMARTS) is 2. The molecule has 0 heterocycles. The summed E-state index contributed by atoms with van der Waals surface area (Å²) in [5, 5.41) is 47.7. The first-order valence-corrected chi connectivity index (χ1v) is 21.6. The molecule has 3 aromatic rings. The summed E-state index contributed by atoms with van der Waals surface area (Å²) in [6, 6.07) is 14.6. The molecule has 3 rings (SSSR count). The molecule has 0 fully saturated rings. The Hall–Kier alpha value is -6.36. The highest BCUT2D eigenvalue weighted by molar-refractivity contribution is 5.96. The van der Waals surface area contributed by atoms with Gasteiger partial charge in [-0.05, 0) is 59.4 Å². The zero-order valence-electron chi connectivity index (χ0n) is 37.6. The van der Waals surface area contributed by atoms with Gasteiger partial charge in [0.2, 0.25) is 35.4 Å². The maximum absolute atomic E-state index is 13.7. The van der Waals surface area contributed by atoms with Gasteiger partial charge in [0.25, 0.3) is 0 Å². The molecule has 0 aromatic heterocycles. The average Bonchev–Trinajstić information content (AvgIpc) is 3.22. The standard InChI is InChI=1S/C47H64N6O11/c1-26(2)22-35(49-38(55)24-32-18-13-17-31-16-11-12-19-33(31)32)37(54)25-39(56)52-41(27(3)4)46(62)53-42(28(5)6)45(61)48-29(7)43(59)50-34(20-21-40(57)58)44(60)51-36(47(63)64)23-30-14-9-8-10-15-30/h8-19,26-29,34-37,41-42,54H,20-25H2,1-7H3,(H,48,61)(H,49,55)(H,50,59)(H,51,60)(H,52,56)(H,53,62)(H,57,58)(H,63,64)/t29-,34-,35-,36-,37-,41-,42-/m0/s1. The van der Waals surface area contributed by atoms with E-state index in [4.69, 9.17) is 0 Å². The highest BCUT2D eigenvalue weighted by Crippen LogP contribution is 2.20. The van der Waals surface area contributed by atoms with Gasteiger partial charge in [-0.2, -0.15) is 0 Å². The molecule has 3 aromatic carbocycles. The lowest BCUT2D eigenvalue weighted by molar-refractivity contribution is -0.143. The van der Waals surface area contributed by atoms with Crippen LogP contribution >= 0.6 is 0 Å². The van der Waals surface area contributed by atoms with E-state index in [9.17, 15) is 53.7 Å². The van der Waals surface area contributed by atoms with Gasteiger partial charge in [-0.25, -0.2) is 4.79 Å². The van der Waals surface area contributed by atoms with Crippen LogP contribution in [0, 0.1) is 17.8 Å². The van der Waals surface area contributed by atoms with Crippen LogP contribution in [0.4, 0.5) is 0 Å². The molecule has 0 aliphatic heterocycles. The van der Waals surface area contributed by atoms with E-state index < -0.39 is 109 Å². The lowest BCUT2D eigenvalue weighted by Crippen LogP contribution is -2.60. The quantitative estimate of drug-likeness (QED) is 0.0597. The molecule has 64 heavy (non-hydrogen) atoms. The van der Waals surface area contributed by atoms with Crippen molar-refractivity contribution in [2.75, 3.05) is 0 Å². The molecular weight excluding hydrogens is 825 g/mol. The summed E-state index contributed by atoms with van der Waals surface area (Å²) < 4.78 is 0. The molecule has 9 N–H and O–H groups in total. The van der Waals surface area contributed by atoms with E-state index in [-0.39, 0.29) is 31.1 Å². The smallest absolute Gasteiger partial charge is 0.326 e. The summed E-state index contributed by atoms with van der Waals surface area (Å²) >= 11 is 0. The number of rotatable bonds is 25. The second kappa shape index (κ2) is 25.1. The Morgan fingerprint density at radius 2 is 1.16 bits per heavy atom. The van der Waals surface area contributed by atoms with Gasteiger partial charge in [0.1, 0.15) is 30.2 Å². The molecule has 0 bridgehead atoms. The molecule has 0 spiro atoms. The number of aliphatic hydroxyl groups is 1. The second-order valence-electron chi connectivity index (χ2n) is 17.2. The zero-order valence-corrected chi connectivity index (χ0v) is 37.6. The first-order chi connectivity index (χ1) is 30.2. The van der Waals surface area contributed by atoms with Crippen molar-refractivity contribution in [3.63, 3.8) is 0 Å². The molecule has 6 amide bonds. The zero-order chi connectivity index (χ0) is 47.7. The van der Waals surface area contributed by atoms with Crippen molar-refractivity contribution in [2.45, 2.75) is 129 Å². The molecule has 0 saturated carbocycles. The van der Waals surface area contributed by atoms with Crippen LogP contribution in [0.5, 0.6) is 0 Å². The predicted molar refractivity (Wildman–Crippen MR) is 239 cm³/mol. The number of carboxylic acids is 2. The number of aliphatic carboxylic acids is 2. The van der Waals surface area contributed by atoms with E-state index in [2.05, 4.69) is 31.9 Å². The number of nitrogens with one attached hydrogen (secondary N) is 6. The Morgan fingerprint density at radius 3 is 1.77 bits per heavy atom. The molecule has 0 aliphatic rings. The Labute approximate surface area is 373 Å². The Balaban J connectivity index is 1.64. The van der Waals surface area contributed by atoms with Gasteiger partial charge in [-0.15, -0.1) is 0 Å². The number of carbonyl (C=O) groups is 8. The van der Waals surface area contributed by atoms with Crippen molar-refractivity contribution >= 4 is 58.2 Å². The van der Waals surface area contributed by atoms with Gasteiger partial charge in [0, 0.05) is 12.8 Å². The molecule has 7 atom stereocenters. The number of aliphatic hydroxyl groups excluding tert-OH is 1. The summed E-state index contributed by atoms with van der Waals surface area (Å²) in [6.45, 7) is 11.8. The minimum atomic E-state index is -1.47. The van der Waals surface area contributed by atoms with Crippen LogP contribution in [-0.2, 0) is 51.2 Å². The van der Waals surface area contributed by atoms with Gasteiger partial charge in [0.15, 0.2) is 0 Å². The van der Waals surface area contributed by atoms with E-state index in [1.54, 1.807) is 58.0 Å². The first kappa shape index (κ1) is 52.0. The van der Waals surface area contributed by atoms with Crippen LogP contribution in [0.25, 0.3) is 10.8 Å². The van der Waals surface area contributed by atoms with E-state index in [0.717, 1.165) is 16.3 Å². The molecule has 17 heteroatoms. The van der Waals surface area contributed by atoms with Crippen LogP contribution in [0.2, 0.25) is 0 Å². The van der Waals surface area contributed by atoms with E-state index in [0.29, 0.717) is 12.0 Å². The van der Waals surface area contributed by atoms with Gasteiger partial charge in [-0.3, -0.25) is 33.6 Å². The highest BCUT2D eigenvalue weighted by Gasteiger charge is 2.34. The van der Waals surface area contributed by atoms with Crippen molar-refractivity contribution in [3.8, 4) is 0 Å². The Bertz CT molecular complexity index is 2090. The maximum atomic E-state index is 13.7. The van der Waals surface area contributed by atoms with Crippen LogP contribution in [0.3, 0.4) is 0 Å². The summed E-state index contributed by atoms with van der Waals surface area (Å²) in [5.41, 5.74) is 1.43. The van der Waals surface area contributed by atoms with Crippen molar-refractivity contribution in [2.24, 2.45) is 17.8 Å². The van der Waals surface area contributed by atoms with Crippen molar-refractivity contribution < 1.29 is 53.7 Å². The number of benzene rings is 3. The van der Waals surface area contributed by atoms with Crippen LogP contribution in [0.15, 0.2) is 72.8 Å². The fourth-order valence-electron chi connectivity index (χ4n) is 7.10. The van der Waals surface area contributed by atoms with Gasteiger partial charge < -0.3 is 47.2 Å². The van der Waals surface area contributed by atoms with Crippen LogP contribution in [0.1, 0.15) is 85.3 Å². The first-order valence-electron chi connectivity index (χ1n) is 21.6. The lowest BCUT2D eigenvalue weighted by atomic mass is 9.95. The van der Waals surface area contributed by atoms with Gasteiger partial charge in [-0.1, -0.05) is 114 Å².